The van der Waals surface area contributed by atoms with Gasteiger partial charge < -0.3 is 19.8 Å². The van der Waals surface area contributed by atoms with Gasteiger partial charge in [0.05, 0.1) is 39.9 Å². The lowest BCUT2D eigenvalue weighted by Crippen LogP contribution is -2.46. The summed E-state index contributed by atoms with van der Waals surface area (Å²) < 4.78 is 23.6. The maximum absolute atomic E-state index is 12.8. The highest BCUT2D eigenvalue weighted by Crippen LogP contribution is 2.43. The minimum absolute atomic E-state index is 0.0722. The Labute approximate surface area is 315 Å². The normalized spacial score (nSPS) is 14.7. The summed E-state index contributed by atoms with van der Waals surface area (Å²) in [5.74, 6) is -0.159. The molecule has 0 aromatic heterocycles. The van der Waals surface area contributed by atoms with Crippen molar-refractivity contribution in [1.82, 2.24) is 5.32 Å². The lowest BCUT2D eigenvalue weighted by Gasteiger charge is -2.26. The molecule has 0 heterocycles. The average molecular weight is 744 g/mol. The Hall–Kier alpha value is -1.02. The van der Waals surface area contributed by atoms with Crippen molar-refractivity contribution in [3.8, 4) is 0 Å². The van der Waals surface area contributed by atoms with Crippen molar-refractivity contribution >= 4 is 13.7 Å². The zero-order valence-corrected chi connectivity index (χ0v) is 35.0. The number of hydrogen-bond acceptors (Lipinski definition) is 5. The van der Waals surface area contributed by atoms with E-state index in [0.717, 1.165) is 64.2 Å². The number of likely N-dealkylation sites (N-methyl/N-ethyl adjacent to an activating group) is 1. The van der Waals surface area contributed by atoms with Crippen LogP contribution in [-0.4, -0.2) is 73.4 Å². The third-order valence-electron chi connectivity index (χ3n) is 9.45. The smallest absolute Gasteiger partial charge is 0.391 e. The number of unbranched alkanes of at least 4 members (excludes halogenated alkanes) is 21. The summed E-state index contributed by atoms with van der Waals surface area (Å²) in [6.07, 6.45) is 39.1. The van der Waals surface area contributed by atoms with E-state index in [2.05, 4.69) is 43.5 Å². The highest BCUT2D eigenvalue weighted by Gasteiger charge is 2.28. The molecule has 0 fully saturated rings. The van der Waals surface area contributed by atoms with Gasteiger partial charge in [0.15, 0.2) is 0 Å². The number of aliphatic hydroxyl groups excluding tert-OH is 1. The number of quaternary nitrogens is 1. The van der Waals surface area contributed by atoms with Crippen LogP contribution in [0.3, 0.4) is 0 Å². The topological polar surface area (TPSA) is 105 Å². The molecule has 0 aliphatic carbocycles. The molecule has 0 bridgehead atoms. The standard InChI is InChI=1S/C42H83N2O6P/c1-6-8-10-12-14-16-18-20-22-24-26-28-30-32-34-36-42(46)43-40(39-50-51(47,48)49-38-37-44(3,4)5)41(45)35-33-31-29-27-25-23-21-19-17-15-13-11-9-7-2/h14,16,20,22,40-41,45H,6-13,15,17-19,21,23-39H2,1-5H3,(H-,43,46,47,48)/p+1/b16-14-,22-20-. The van der Waals surface area contributed by atoms with Crippen molar-refractivity contribution in [2.24, 2.45) is 0 Å². The zero-order chi connectivity index (χ0) is 37.9. The summed E-state index contributed by atoms with van der Waals surface area (Å²) in [4.78, 5) is 23.1. The van der Waals surface area contributed by atoms with Crippen molar-refractivity contribution in [1.29, 1.82) is 0 Å². The molecule has 51 heavy (non-hydrogen) atoms. The third-order valence-corrected chi connectivity index (χ3v) is 10.4. The average Bonchev–Trinajstić information content (AvgIpc) is 3.07. The second-order valence-corrected chi connectivity index (χ2v) is 17.2. The summed E-state index contributed by atoms with van der Waals surface area (Å²) in [7, 11) is 1.60. The third kappa shape index (κ3) is 37.1. The van der Waals surface area contributed by atoms with Gasteiger partial charge in [0.1, 0.15) is 13.2 Å². The molecule has 9 heteroatoms. The van der Waals surface area contributed by atoms with E-state index in [1.807, 2.05) is 21.1 Å². The predicted molar refractivity (Wildman–Crippen MR) is 217 cm³/mol. The number of phosphoric ester groups is 1. The fraction of sp³-hybridized carbons (Fsp3) is 0.881. The van der Waals surface area contributed by atoms with E-state index >= 15 is 0 Å². The molecule has 302 valence electrons. The summed E-state index contributed by atoms with van der Waals surface area (Å²) in [6.45, 7) is 4.84. The van der Waals surface area contributed by atoms with Crippen LogP contribution in [0.5, 0.6) is 0 Å². The van der Waals surface area contributed by atoms with Gasteiger partial charge in [-0.2, -0.15) is 0 Å². The van der Waals surface area contributed by atoms with Crippen molar-refractivity contribution in [3.63, 3.8) is 0 Å². The minimum atomic E-state index is -4.31. The molecular weight excluding hydrogens is 659 g/mol. The Kier molecular flexibility index (Phi) is 34.0. The Morgan fingerprint density at radius 3 is 1.65 bits per heavy atom. The van der Waals surface area contributed by atoms with Crippen LogP contribution in [0, 0.1) is 0 Å². The van der Waals surface area contributed by atoms with Crippen LogP contribution in [0.4, 0.5) is 0 Å². The van der Waals surface area contributed by atoms with E-state index in [1.165, 1.54) is 96.3 Å². The number of carbonyl (C=O) groups excluding carboxylic acids is 1. The molecule has 1 amide bonds. The van der Waals surface area contributed by atoms with E-state index in [9.17, 15) is 19.4 Å². The van der Waals surface area contributed by atoms with Gasteiger partial charge in [-0.3, -0.25) is 13.8 Å². The molecule has 0 saturated carbocycles. The molecule has 3 unspecified atom stereocenters. The molecule has 0 aliphatic rings. The number of allylic oxidation sites excluding steroid dienone is 4. The Morgan fingerprint density at radius 2 is 1.12 bits per heavy atom. The summed E-state index contributed by atoms with van der Waals surface area (Å²) in [5, 5.41) is 13.9. The highest BCUT2D eigenvalue weighted by atomic mass is 31.2. The first-order valence-corrected chi connectivity index (χ1v) is 22.7. The number of phosphoric acid groups is 1. The number of hydrogen-bond donors (Lipinski definition) is 3. The molecule has 0 aromatic carbocycles. The maximum atomic E-state index is 12.8. The summed E-state index contributed by atoms with van der Waals surface area (Å²) in [6, 6.07) is -0.764. The first-order chi connectivity index (χ1) is 24.5. The molecule has 0 radical (unpaired) electrons. The van der Waals surface area contributed by atoms with Crippen LogP contribution in [-0.2, 0) is 18.4 Å². The maximum Gasteiger partial charge on any atom is 0.472 e. The number of amides is 1. The van der Waals surface area contributed by atoms with Crippen LogP contribution in [0.15, 0.2) is 24.3 Å². The zero-order valence-electron chi connectivity index (χ0n) is 34.1. The monoisotopic (exact) mass is 744 g/mol. The van der Waals surface area contributed by atoms with Gasteiger partial charge in [-0.1, -0.05) is 160 Å². The quantitative estimate of drug-likeness (QED) is 0.0252. The van der Waals surface area contributed by atoms with E-state index in [-0.39, 0.29) is 19.1 Å². The fourth-order valence-electron chi connectivity index (χ4n) is 6.02. The van der Waals surface area contributed by atoms with Crippen molar-refractivity contribution in [3.05, 3.63) is 24.3 Å². The van der Waals surface area contributed by atoms with Crippen molar-refractivity contribution < 1.29 is 32.9 Å². The van der Waals surface area contributed by atoms with Crippen LogP contribution < -0.4 is 5.32 Å². The number of nitrogens with one attached hydrogen (secondary N) is 1. The van der Waals surface area contributed by atoms with E-state index in [1.54, 1.807) is 0 Å². The SMILES string of the molecule is CCCCC/C=C\C/C=C\CCCCCCCC(=O)NC(COP(=O)(O)OCC[N+](C)(C)C)C(O)CCCCCCCCCCCCCCCC. The number of nitrogens with zero attached hydrogens (tertiary/aromatic N) is 1. The highest BCUT2D eigenvalue weighted by molar-refractivity contribution is 7.47. The molecule has 0 aliphatic heterocycles. The van der Waals surface area contributed by atoms with Gasteiger partial charge in [-0.15, -0.1) is 0 Å². The number of aliphatic hydroxyl groups is 1. The fourth-order valence-corrected chi connectivity index (χ4v) is 6.75. The molecule has 0 saturated heterocycles. The summed E-state index contributed by atoms with van der Waals surface area (Å²) in [5.41, 5.74) is 0. The Bertz CT molecular complexity index is 891. The second-order valence-electron chi connectivity index (χ2n) is 15.7. The molecule has 0 aromatic rings. The molecule has 0 spiro atoms. The van der Waals surface area contributed by atoms with Crippen LogP contribution >= 0.6 is 7.82 Å². The van der Waals surface area contributed by atoms with Crippen molar-refractivity contribution in [2.45, 2.75) is 199 Å². The first-order valence-electron chi connectivity index (χ1n) is 21.2. The largest absolute Gasteiger partial charge is 0.472 e. The van der Waals surface area contributed by atoms with Gasteiger partial charge in [-0.05, 0) is 44.9 Å². The summed E-state index contributed by atoms with van der Waals surface area (Å²) >= 11 is 0. The molecule has 3 atom stereocenters. The molecule has 0 rings (SSSR count). The lowest BCUT2D eigenvalue weighted by atomic mass is 10.0. The van der Waals surface area contributed by atoms with Gasteiger partial charge in [0.25, 0.3) is 0 Å². The number of rotatable bonds is 38. The molecule has 8 nitrogen and oxygen atoms in total. The predicted octanol–water partition coefficient (Wildman–Crippen LogP) is 11.4. The Balaban J connectivity index is 4.43. The van der Waals surface area contributed by atoms with Crippen molar-refractivity contribution in [2.75, 3.05) is 40.9 Å². The Morgan fingerprint density at radius 1 is 0.667 bits per heavy atom. The van der Waals surface area contributed by atoms with Gasteiger partial charge in [0, 0.05) is 6.42 Å². The van der Waals surface area contributed by atoms with E-state index in [4.69, 9.17) is 9.05 Å². The lowest BCUT2D eigenvalue weighted by molar-refractivity contribution is -0.870. The second kappa shape index (κ2) is 34.7. The van der Waals surface area contributed by atoms with Gasteiger partial charge in [-0.25, -0.2) is 4.57 Å². The molecule has 3 N–H and O–H groups in total. The van der Waals surface area contributed by atoms with E-state index < -0.39 is 20.0 Å². The van der Waals surface area contributed by atoms with Gasteiger partial charge in [0.2, 0.25) is 5.91 Å². The molecular formula is C42H84N2O6P+. The number of carbonyl (C=O) groups is 1. The van der Waals surface area contributed by atoms with Crippen LogP contribution in [0.2, 0.25) is 0 Å². The minimum Gasteiger partial charge on any atom is -0.391 e. The first kappa shape index (κ1) is 50.0. The van der Waals surface area contributed by atoms with E-state index in [0.29, 0.717) is 23.9 Å². The van der Waals surface area contributed by atoms with Gasteiger partial charge >= 0.3 is 7.82 Å². The van der Waals surface area contributed by atoms with Crippen LogP contribution in [0.25, 0.3) is 0 Å². The van der Waals surface area contributed by atoms with Crippen LogP contribution in [0.1, 0.15) is 187 Å².